The number of hydrogen-bond donors (Lipinski definition) is 1. The third kappa shape index (κ3) is 2.44. The smallest absolute Gasteiger partial charge is 0.153 e. The van der Waals surface area contributed by atoms with Gasteiger partial charge in [-0.15, -0.1) is 0 Å². The molecule has 0 fully saturated rings. The number of methoxy groups -OCH3 is 1. The molecule has 0 aliphatic carbocycles. The van der Waals surface area contributed by atoms with E-state index in [1.54, 1.807) is 19.4 Å². The summed E-state index contributed by atoms with van der Waals surface area (Å²) < 4.78 is 5.10. The molecule has 0 bridgehead atoms. The number of pyridine rings is 1. The number of nitrogens with zero attached hydrogens (tertiary/aromatic N) is 1. The van der Waals surface area contributed by atoms with Crippen LogP contribution in [0.4, 0.5) is 0 Å². The zero-order valence-corrected chi connectivity index (χ0v) is 12.1. The molecule has 0 aliphatic rings. The van der Waals surface area contributed by atoms with E-state index in [1.165, 1.54) is 0 Å². The zero-order valence-electron chi connectivity index (χ0n) is 12.1. The van der Waals surface area contributed by atoms with Gasteiger partial charge in [0.2, 0.25) is 0 Å². The van der Waals surface area contributed by atoms with Gasteiger partial charge in [-0.05, 0) is 35.4 Å². The SMILES string of the molecule is COCc1cc(-c2cccc3ncccc23)cc(C=O)c1O. The first-order chi connectivity index (χ1) is 10.7. The van der Waals surface area contributed by atoms with E-state index in [2.05, 4.69) is 4.98 Å². The molecular weight excluding hydrogens is 278 g/mol. The monoisotopic (exact) mass is 293 g/mol. The third-order valence-corrected chi connectivity index (χ3v) is 3.60. The van der Waals surface area contributed by atoms with Gasteiger partial charge in [0.15, 0.2) is 6.29 Å². The first kappa shape index (κ1) is 14.2. The minimum Gasteiger partial charge on any atom is -0.507 e. The largest absolute Gasteiger partial charge is 0.507 e. The Labute approximate surface area is 128 Å². The van der Waals surface area contributed by atoms with Crippen molar-refractivity contribution in [3.63, 3.8) is 0 Å². The van der Waals surface area contributed by atoms with E-state index in [0.29, 0.717) is 11.8 Å². The molecular formula is C18H15NO3. The Bertz CT molecular complexity index is 838. The molecule has 110 valence electrons. The molecule has 0 saturated carbocycles. The summed E-state index contributed by atoms with van der Waals surface area (Å²) in [6.07, 6.45) is 2.40. The second kappa shape index (κ2) is 5.95. The van der Waals surface area contributed by atoms with E-state index in [0.717, 1.165) is 22.0 Å². The normalized spacial score (nSPS) is 10.8. The first-order valence-corrected chi connectivity index (χ1v) is 6.88. The summed E-state index contributed by atoms with van der Waals surface area (Å²) in [6.45, 7) is 0.240. The highest BCUT2D eigenvalue weighted by Crippen LogP contribution is 2.33. The molecule has 3 rings (SSSR count). The topological polar surface area (TPSA) is 59.4 Å². The maximum atomic E-state index is 11.2. The third-order valence-electron chi connectivity index (χ3n) is 3.60. The van der Waals surface area contributed by atoms with Gasteiger partial charge < -0.3 is 9.84 Å². The van der Waals surface area contributed by atoms with Crippen molar-refractivity contribution in [2.45, 2.75) is 6.61 Å². The minimum atomic E-state index is -0.0287. The lowest BCUT2D eigenvalue weighted by molar-refractivity contribution is 0.112. The van der Waals surface area contributed by atoms with Crippen LogP contribution in [0.5, 0.6) is 5.75 Å². The number of carbonyl (C=O) groups excluding carboxylic acids is 1. The minimum absolute atomic E-state index is 0.0287. The summed E-state index contributed by atoms with van der Waals surface area (Å²) in [5, 5.41) is 11.1. The Morgan fingerprint density at radius 1 is 1.23 bits per heavy atom. The number of carbonyl (C=O) groups is 1. The standard InChI is InChI=1S/C18H15NO3/c1-22-11-14-9-12(8-13(10-20)18(14)21)15-4-2-6-17-16(15)5-3-7-19-17/h2-10,21H,11H2,1H3. The summed E-state index contributed by atoms with van der Waals surface area (Å²) in [5.74, 6) is -0.0287. The van der Waals surface area contributed by atoms with Gasteiger partial charge in [-0.25, -0.2) is 0 Å². The molecule has 4 heteroatoms. The summed E-state index contributed by atoms with van der Waals surface area (Å²) in [5.41, 5.74) is 3.54. The lowest BCUT2D eigenvalue weighted by Gasteiger charge is -2.11. The van der Waals surface area contributed by atoms with Crippen molar-refractivity contribution in [2.75, 3.05) is 7.11 Å². The molecule has 2 aromatic carbocycles. The molecule has 0 atom stereocenters. The van der Waals surface area contributed by atoms with Gasteiger partial charge >= 0.3 is 0 Å². The first-order valence-electron chi connectivity index (χ1n) is 6.88. The maximum Gasteiger partial charge on any atom is 0.153 e. The van der Waals surface area contributed by atoms with Crippen LogP contribution in [-0.4, -0.2) is 23.5 Å². The van der Waals surface area contributed by atoms with Gasteiger partial charge in [0.1, 0.15) is 5.75 Å². The molecule has 0 radical (unpaired) electrons. The van der Waals surface area contributed by atoms with Crippen LogP contribution in [-0.2, 0) is 11.3 Å². The summed E-state index contributed by atoms with van der Waals surface area (Å²) in [7, 11) is 1.55. The van der Waals surface area contributed by atoms with E-state index in [9.17, 15) is 9.90 Å². The van der Waals surface area contributed by atoms with E-state index < -0.39 is 0 Å². The predicted molar refractivity (Wildman–Crippen MR) is 84.9 cm³/mol. The second-order valence-electron chi connectivity index (χ2n) is 5.00. The van der Waals surface area contributed by atoms with Crippen LogP contribution in [0.2, 0.25) is 0 Å². The van der Waals surface area contributed by atoms with Gasteiger partial charge in [-0.2, -0.15) is 0 Å². The number of phenolic OH excluding ortho intramolecular Hbond substituents is 1. The number of hydrogen-bond acceptors (Lipinski definition) is 4. The number of phenols is 1. The van der Waals surface area contributed by atoms with E-state index in [4.69, 9.17) is 4.74 Å². The number of aldehydes is 1. The van der Waals surface area contributed by atoms with Gasteiger partial charge in [-0.1, -0.05) is 18.2 Å². The van der Waals surface area contributed by atoms with Gasteiger partial charge in [0, 0.05) is 24.3 Å². The van der Waals surface area contributed by atoms with Crippen LogP contribution in [0.3, 0.4) is 0 Å². The average molecular weight is 293 g/mol. The molecule has 4 nitrogen and oxygen atoms in total. The molecule has 1 N–H and O–H groups in total. The molecule has 3 aromatic rings. The predicted octanol–water partition coefficient (Wildman–Crippen LogP) is 3.57. The van der Waals surface area contributed by atoms with Crippen LogP contribution in [0.25, 0.3) is 22.0 Å². The molecule has 0 spiro atoms. The number of ether oxygens (including phenoxy) is 1. The highest BCUT2D eigenvalue weighted by atomic mass is 16.5. The lowest BCUT2D eigenvalue weighted by atomic mass is 9.96. The molecule has 1 heterocycles. The van der Waals surface area contributed by atoms with Crippen LogP contribution < -0.4 is 0 Å². The fourth-order valence-corrected chi connectivity index (χ4v) is 2.58. The van der Waals surface area contributed by atoms with E-state index in [-0.39, 0.29) is 17.9 Å². The van der Waals surface area contributed by atoms with Crippen molar-refractivity contribution in [3.8, 4) is 16.9 Å². The van der Waals surface area contributed by atoms with Crippen LogP contribution in [0, 0.1) is 0 Å². The Morgan fingerprint density at radius 3 is 2.86 bits per heavy atom. The van der Waals surface area contributed by atoms with Gasteiger partial charge in [-0.3, -0.25) is 9.78 Å². The molecule has 0 saturated heterocycles. The number of fused-ring (bicyclic) bond motifs is 1. The Kier molecular flexibility index (Phi) is 3.85. The van der Waals surface area contributed by atoms with Crippen molar-refractivity contribution in [1.29, 1.82) is 0 Å². The molecule has 0 amide bonds. The highest BCUT2D eigenvalue weighted by Gasteiger charge is 2.12. The average Bonchev–Trinajstić information content (AvgIpc) is 2.56. The fourth-order valence-electron chi connectivity index (χ4n) is 2.58. The summed E-state index contributed by atoms with van der Waals surface area (Å²) >= 11 is 0. The van der Waals surface area contributed by atoms with E-state index in [1.807, 2.05) is 36.4 Å². The van der Waals surface area contributed by atoms with Crippen molar-refractivity contribution in [1.82, 2.24) is 4.98 Å². The summed E-state index contributed by atoms with van der Waals surface area (Å²) in [6, 6.07) is 13.2. The Balaban J connectivity index is 2.26. The number of benzene rings is 2. The zero-order chi connectivity index (χ0) is 15.5. The van der Waals surface area contributed by atoms with E-state index >= 15 is 0 Å². The second-order valence-corrected chi connectivity index (χ2v) is 5.00. The van der Waals surface area contributed by atoms with Crippen molar-refractivity contribution in [2.24, 2.45) is 0 Å². The molecule has 0 unspecified atom stereocenters. The fraction of sp³-hybridized carbons (Fsp3) is 0.111. The lowest BCUT2D eigenvalue weighted by Crippen LogP contribution is -1.94. The number of aromatic nitrogens is 1. The summed E-state index contributed by atoms with van der Waals surface area (Å²) in [4.78, 5) is 15.6. The highest BCUT2D eigenvalue weighted by molar-refractivity contribution is 5.96. The van der Waals surface area contributed by atoms with Crippen LogP contribution in [0.1, 0.15) is 15.9 Å². The maximum absolute atomic E-state index is 11.2. The number of rotatable bonds is 4. The molecule has 22 heavy (non-hydrogen) atoms. The van der Waals surface area contributed by atoms with Crippen LogP contribution >= 0.6 is 0 Å². The van der Waals surface area contributed by atoms with Crippen LogP contribution in [0.15, 0.2) is 48.7 Å². The van der Waals surface area contributed by atoms with Crippen molar-refractivity contribution >= 4 is 17.2 Å². The Hall–Kier alpha value is -2.72. The van der Waals surface area contributed by atoms with Gasteiger partial charge in [0.25, 0.3) is 0 Å². The van der Waals surface area contributed by atoms with Gasteiger partial charge in [0.05, 0.1) is 17.7 Å². The molecule has 1 aromatic heterocycles. The number of aromatic hydroxyl groups is 1. The quantitative estimate of drug-likeness (QED) is 0.747. The van der Waals surface area contributed by atoms with Crippen molar-refractivity contribution in [3.05, 3.63) is 59.8 Å². The van der Waals surface area contributed by atoms with Crippen molar-refractivity contribution < 1.29 is 14.6 Å². The Morgan fingerprint density at radius 2 is 2.09 bits per heavy atom. The molecule has 0 aliphatic heterocycles.